The molecule has 2 unspecified atom stereocenters. The Morgan fingerprint density at radius 3 is 2.57 bits per heavy atom. The summed E-state index contributed by atoms with van der Waals surface area (Å²) in [5, 5.41) is 3.75. The molecule has 0 saturated carbocycles. The van der Waals surface area contributed by atoms with Gasteiger partial charge in [0.25, 0.3) is 0 Å². The van der Waals surface area contributed by atoms with Crippen LogP contribution in [0.4, 0.5) is 0 Å². The molecule has 1 fully saturated rings. The first-order valence-electron chi connectivity index (χ1n) is 8.12. The molecule has 1 aliphatic rings. The second kappa shape index (κ2) is 7.39. The summed E-state index contributed by atoms with van der Waals surface area (Å²) >= 11 is 0. The first-order valence-corrected chi connectivity index (χ1v) is 8.12. The zero-order valence-electron chi connectivity index (χ0n) is 13.9. The maximum atomic E-state index is 5.58. The summed E-state index contributed by atoms with van der Waals surface area (Å²) in [5.74, 6) is 0. The van der Waals surface area contributed by atoms with Crippen molar-refractivity contribution in [3.63, 3.8) is 0 Å². The number of hydrogen-bond donors (Lipinski definition) is 1. The molecule has 0 spiro atoms. The lowest BCUT2D eigenvalue weighted by Gasteiger charge is -2.45. The average molecular weight is 290 g/mol. The van der Waals surface area contributed by atoms with E-state index in [1.165, 1.54) is 5.56 Å². The highest BCUT2D eigenvalue weighted by Gasteiger charge is 2.34. The zero-order chi connectivity index (χ0) is 15.3. The lowest BCUT2D eigenvalue weighted by atomic mass is 9.84. The molecule has 0 amide bonds. The summed E-state index contributed by atoms with van der Waals surface area (Å²) in [4.78, 5) is 2.58. The molecule has 1 aromatic rings. The minimum atomic E-state index is 0.283. The number of hydrogen-bond acceptors (Lipinski definition) is 3. The van der Waals surface area contributed by atoms with Gasteiger partial charge in [-0.05, 0) is 17.9 Å². The van der Waals surface area contributed by atoms with Crippen LogP contribution in [-0.4, -0.2) is 43.8 Å². The lowest BCUT2D eigenvalue weighted by molar-refractivity contribution is 0.0492. The lowest BCUT2D eigenvalue weighted by Crippen LogP contribution is -2.57. The monoisotopic (exact) mass is 290 g/mol. The molecular weight excluding hydrogens is 260 g/mol. The van der Waals surface area contributed by atoms with E-state index >= 15 is 0 Å². The van der Waals surface area contributed by atoms with E-state index in [9.17, 15) is 0 Å². The second-order valence-corrected chi connectivity index (χ2v) is 6.95. The second-order valence-electron chi connectivity index (χ2n) is 6.95. The molecule has 0 radical (unpaired) electrons. The van der Waals surface area contributed by atoms with E-state index in [-0.39, 0.29) is 5.41 Å². The van der Waals surface area contributed by atoms with Crippen molar-refractivity contribution >= 4 is 0 Å². The van der Waals surface area contributed by atoms with E-state index in [0.29, 0.717) is 12.1 Å². The Bertz CT molecular complexity index is 413. The topological polar surface area (TPSA) is 24.5 Å². The summed E-state index contributed by atoms with van der Waals surface area (Å²) < 4.78 is 5.58. The Hall–Kier alpha value is -0.900. The van der Waals surface area contributed by atoms with Crippen LogP contribution in [0.5, 0.6) is 0 Å². The first-order chi connectivity index (χ1) is 10.0. The highest BCUT2D eigenvalue weighted by molar-refractivity contribution is 5.20. The molecule has 1 heterocycles. The van der Waals surface area contributed by atoms with Gasteiger partial charge in [0.1, 0.15) is 0 Å². The molecule has 1 aliphatic heterocycles. The molecule has 0 aliphatic carbocycles. The van der Waals surface area contributed by atoms with E-state index in [2.05, 4.69) is 68.2 Å². The van der Waals surface area contributed by atoms with Crippen molar-refractivity contribution in [2.75, 3.05) is 32.8 Å². The molecule has 1 aromatic carbocycles. The molecule has 3 heteroatoms. The third-order valence-electron chi connectivity index (χ3n) is 4.37. The van der Waals surface area contributed by atoms with Crippen LogP contribution >= 0.6 is 0 Å². The van der Waals surface area contributed by atoms with Gasteiger partial charge in [-0.25, -0.2) is 0 Å². The van der Waals surface area contributed by atoms with Crippen LogP contribution in [0.3, 0.4) is 0 Å². The standard InChI is InChI=1S/C18H30N2O/c1-5-21-12-11-20-14-17(18(2,3)4)19-13-16(20)15-9-7-6-8-10-15/h6-10,16-17,19H,5,11-14H2,1-4H3. The van der Waals surface area contributed by atoms with Crippen molar-refractivity contribution in [2.45, 2.75) is 39.8 Å². The van der Waals surface area contributed by atoms with Gasteiger partial charge in [0.2, 0.25) is 0 Å². The van der Waals surface area contributed by atoms with E-state index < -0.39 is 0 Å². The molecule has 2 atom stereocenters. The Labute approximate surface area is 129 Å². The van der Waals surface area contributed by atoms with Gasteiger partial charge in [-0.3, -0.25) is 4.90 Å². The van der Waals surface area contributed by atoms with Crippen LogP contribution < -0.4 is 5.32 Å². The number of ether oxygens (including phenoxy) is 1. The normalized spacial score (nSPS) is 24.2. The van der Waals surface area contributed by atoms with Crippen LogP contribution in [0.2, 0.25) is 0 Å². The SMILES string of the molecule is CCOCCN1CC(C(C)(C)C)NCC1c1ccccc1. The van der Waals surface area contributed by atoms with Gasteiger partial charge in [0, 0.05) is 38.3 Å². The molecule has 1 N–H and O–H groups in total. The maximum Gasteiger partial charge on any atom is 0.0593 e. The molecule has 2 rings (SSSR count). The zero-order valence-corrected chi connectivity index (χ0v) is 13.9. The largest absolute Gasteiger partial charge is 0.380 e. The smallest absolute Gasteiger partial charge is 0.0593 e. The van der Waals surface area contributed by atoms with Crippen LogP contribution in [0.15, 0.2) is 30.3 Å². The van der Waals surface area contributed by atoms with Crippen molar-refractivity contribution in [1.82, 2.24) is 10.2 Å². The molecule has 0 bridgehead atoms. The van der Waals surface area contributed by atoms with Crippen LogP contribution in [0.1, 0.15) is 39.3 Å². The van der Waals surface area contributed by atoms with Gasteiger partial charge < -0.3 is 10.1 Å². The third-order valence-corrected chi connectivity index (χ3v) is 4.37. The third kappa shape index (κ3) is 4.53. The fourth-order valence-corrected chi connectivity index (χ4v) is 2.97. The van der Waals surface area contributed by atoms with Gasteiger partial charge in [-0.1, -0.05) is 51.1 Å². The van der Waals surface area contributed by atoms with Crippen molar-refractivity contribution in [1.29, 1.82) is 0 Å². The minimum absolute atomic E-state index is 0.283. The van der Waals surface area contributed by atoms with Gasteiger partial charge in [0.05, 0.1) is 6.61 Å². The molecular formula is C18H30N2O. The van der Waals surface area contributed by atoms with Crippen LogP contribution in [0.25, 0.3) is 0 Å². The highest BCUT2D eigenvalue weighted by Crippen LogP contribution is 2.29. The van der Waals surface area contributed by atoms with E-state index in [0.717, 1.165) is 32.8 Å². The fraction of sp³-hybridized carbons (Fsp3) is 0.667. The summed E-state index contributed by atoms with van der Waals surface area (Å²) in [6.45, 7) is 13.7. The van der Waals surface area contributed by atoms with Crippen molar-refractivity contribution in [2.24, 2.45) is 5.41 Å². The van der Waals surface area contributed by atoms with Gasteiger partial charge >= 0.3 is 0 Å². The Morgan fingerprint density at radius 2 is 1.95 bits per heavy atom. The van der Waals surface area contributed by atoms with Gasteiger partial charge in [-0.15, -0.1) is 0 Å². The Morgan fingerprint density at radius 1 is 1.24 bits per heavy atom. The first kappa shape index (κ1) is 16.5. The molecule has 1 saturated heterocycles. The Kier molecular flexibility index (Phi) is 5.80. The van der Waals surface area contributed by atoms with Gasteiger partial charge in [0.15, 0.2) is 0 Å². The number of nitrogens with zero attached hydrogens (tertiary/aromatic N) is 1. The maximum absolute atomic E-state index is 5.58. The highest BCUT2D eigenvalue weighted by atomic mass is 16.5. The molecule has 0 aromatic heterocycles. The molecule has 3 nitrogen and oxygen atoms in total. The van der Waals surface area contributed by atoms with Gasteiger partial charge in [-0.2, -0.15) is 0 Å². The quantitative estimate of drug-likeness (QED) is 0.843. The Balaban J connectivity index is 2.08. The fourth-order valence-electron chi connectivity index (χ4n) is 2.97. The van der Waals surface area contributed by atoms with Crippen molar-refractivity contribution < 1.29 is 4.74 Å². The average Bonchev–Trinajstić information content (AvgIpc) is 2.47. The van der Waals surface area contributed by atoms with E-state index in [1.54, 1.807) is 0 Å². The van der Waals surface area contributed by atoms with Crippen LogP contribution in [0, 0.1) is 5.41 Å². The number of benzene rings is 1. The van der Waals surface area contributed by atoms with E-state index in [4.69, 9.17) is 4.74 Å². The van der Waals surface area contributed by atoms with Crippen molar-refractivity contribution in [3.05, 3.63) is 35.9 Å². The summed E-state index contributed by atoms with van der Waals surface area (Å²) in [6.07, 6.45) is 0. The predicted octanol–water partition coefficient (Wildman–Crippen LogP) is 3.08. The van der Waals surface area contributed by atoms with E-state index in [1.807, 2.05) is 0 Å². The summed E-state index contributed by atoms with van der Waals surface area (Å²) in [6, 6.07) is 11.8. The number of rotatable bonds is 5. The minimum Gasteiger partial charge on any atom is -0.380 e. The van der Waals surface area contributed by atoms with Crippen LogP contribution in [-0.2, 0) is 4.74 Å². The molecule has 21 heavy (non-hydrogen) atoms. The summed E-state index contributed by atoms with van der Waals surface area (Å²) in [7, 11) is 0. The molecule has 118 valence electrons. The predicted molar refractivity (Wildman–Crippen MR) is 88.5 cm³/mol. The number of nitrogens with one attached hydrogen (secondary N) is 1. The van der Waals surface area contributed by atoms with Crippen molar-refractivity contribution in [3.8, 4) is 0 Å². The number of piperazine rings is 1. The summed E-state index contributed by atoms with van der Waals surface area (Å²) in [5.41, 5.74) is 1.68.